The number of phenols is 1. The van der Waals surface area contributed by atoms with Crippen LogP contribution in [0.4, 0.5) is 0 Å². The molecule has 0 saturated heterocycles. The van der Waals surface area contributed by atoms with Gasteiger partial charge in [-0.3, -0.25) is 4.79 Å². The fraction of sp³-hybridized carbons (Fsp3) is 0.0909. The van der Waals surface area contributed by atoms with Gasteiger partial charge in [-0.25, -0.2) is 5.43 Å². The van der Waals surface area contributed by atoms with Crippen molar-refractivity contribution in [2.75, 3.05) is 7.11 Å². The van der Waals surface area contributed by atoms with Gasteiger partial charge < -0.3 is 14.6 Å². The van der Waals surface area contributed by atoms with Gasteiger partial charge in [-0.05, 0) is 54.1 Å². The number of carbonyl (C=O) groups is 1. The van der Waals surface area contributed by atoms with Crippen LogP contribution in [0.5, 0.6) is 17.2 Å². The number of hydrazone groups is 1. The minimum absolute atomic E-state index is 0.0870. The summed E-state index contributed by atoms with van der Waals surface area (Å²) in [5.41, 5.74) is 4.42. The first-order valence-electron chi connectivity index (χ1n) is 8.73. The van der Waals surface area contributed by atoms with E-state index in [1.807, 2.05) is 12.1 Å². The minimum Gasteiger partial charge on any atom is -0.508 e. The number of methoxy groups -OCH3 is 1. The van der Waals surface area contributed by atoms with Crippen LogP contribution in [0.3, 0.4) is 0 Å². The van der Waals surface area contributed by atoms with Crippen LogP contribution in [0.2, 0.25) is 5.02 Å². The molecule has 1 amide bonds. The number of para-hydroxylation sites is 1. The molecule has 148 valence electrons. The number of halogens is 1. The molecule has 3 aromatic carbocycles. The summed E-state index contributed by atoms with van der Waals surface area (Å²) >= 11 is 5.91. The van der Waals surface area contributed by atoms with E-state index in [0.29, 0.717) is 34.3 Å². The highest BCUT2D eigenvalue weighted by Crippen LogP contribution is 2.31. The molecule has 3 rings (SSSR count). The van der Waals surface area contributed by atoms with Gasteiger partial charge in [0.15, 0.2) is 11.5 Å². The molecule has 29 heavy (non-hydrogen) atoms. The number of carbonyl (C=O) groups excluding carboxylic acids is 1. The van der Waals surface area contributed by atoms with Crippen LogP contribution in [0.25, 0.3) is 0 Å². The SMILES string of the molecule is COc1cccc(/C=N/NC(=O)c2ccc(O)cc2)c1OCc1ccc(Cl)cc1. The standard InChI is InChI=1S/C22H19ClN2O4/c1-28-20-4-2-3-17(21(20)29-14-15-5-9-18(23)10-6-15)13-24-25-22(27)16-7-11-19(26)12-8-16/h2-13,26H,14H2,1H3,(H,25,27)/b24-13+. The molecule has 0 unspecified atom stereocenters. The van der Waals surface area contributed by atoms with E-state index in [1.54, 1.807) is 37.4 Å². The van der Waals surface area contributed by atoms with Gasteiger partial charge in [-0.1, -0.05) is 29.8 Å². The zero-order valence-electron chi connectivity index (χ0n) is 15.6. The van der Waals surface area contributed by atoms with E-state index in [4.69, 9.17) is 21.1 Å². The Kier molecular flexibility index (Phi) is 6.71. The van der Waals surface area contributed by atoms with E-state index in [2.05, 4.69) is 10.5 Å². The predicted octanol–water partition coefficient (Wildman–Crippen LogP) is 4.40. The molecule has 0 radical (unpaired) electrons. The maximum Gasteiger partial charge on any atom is 0.271 e. The van der Waals surface area contributed by atoms with Crippen molar-refractivity contribution >= 4 is 23.7 Å². The maximum absolute atomic E-state index is 12.1. The monoisotopic (exact) mass is 410 g/mol. The van der Waals surface area contributed by atoms with Crippen molar-refractivity contribution in [3.8, 4) is 17.2 Å². The lowest BCUT2D eigenvalue weighted by atomic mass is 10.2. The molecule has 2 N–H and O–H groups in total. The summed E-state index contributed by atoms with van der Waals surface area (Å²) in [5, 5.41) is 14.0. The summed E-state index contributed by atoms with van der Waals surface area (Å²) in [4.78, 5) is 12.1. The van der Waals surface area contributed by atoms with Gasteiger partial charge in [-0.2, -0.15) is 5.10 Å². The molecular weight excluding hydrogens is 392 g/mol. The summed E-state index contributed by atoms with van der Waals surface area (Å²) in [5.74, 6) is 0.747. The Morgan fingerprint density at radius 2 is 1.83 bits per heavy atom. The lowest BCUT2D eigenvalue weighted by molar-refractivity contribution is 0.0955. The molecule has 3 aromatic rings. The molecular formula is C22H19ClN2O4. The number of aromatic hydroxyl groups is 1. The summed E-state index contributed by atoms with van der Waals surface area (Å²) < 4.78 is 11.3. The smallest absolute Gasteiger partial charge is 0.271 e. The van der Waals surface area contributed by atoms with Crippen molar-refractivity contribution in [1.29, 1.82) is 0 Å². The maximum atomic E-state index is 12.1. The molecule has 0 aliphatic rings. The molecule has 0 spiro atoms. The van der Waals surface area contributed by atoms with Crippen molar-refractivity contribution in [3.05, 3.63) is 88.4 Å². The number of nitrogens with zero attached hydrogens (tertiary/aromatic N) is 1. The van der Waals surface area contributed by atoms with Crippen molar-refractivity contribution < 1.29 is 19.4 Å². The molecule has 0 aliphatic heterocycles. The van der Waals surface area contributed by atoms with Crippen molar-refractivity contribution in [1.82, 2.24) is 5.43 Å². The normalized spacial score (nSPS) is 10.7. The van der Waals surface area contributed by atoms with Gasteiger partial charge in [0.05, 0.1) is 13.3 Å². The zero-order chi connectivity index (χ0) is 20.6. The lowest BCUT2D eigenvalue weighted by Gasteiger charge is -2.13. The van der Waals surface area contributed by atoms with Crippen LogP contribution in [0.1, 0.15) is 21.5 Å². The van der Waals surface area contributed by atoms with Gasteiger partial charge in [0.2, 0.25) is 0 Å². The van der Waals surface area contributed by atoms with Crippen LogP contribution in [0.15, 0.2) is 71.8 Å². The fourth-order valence-electron chi connectivity index (χ4n) is 2.52. The molecule has 0 atom stereocenters. The predicted molar refractivity (Wildman–Crippen MR) is 112 cm³/mol. The molecule has 6 nitrogen and oxygen atoms in total. The highest BCUT2D eigenvalue weighted by atomic mass is 35.5. The number of rotatable bonds is 7. The molecule has 0 aromatic heterocycles. The third kappa shape index (κ3) is 5.49. The Morgan fingerprint density at radius 1 is 1.10 bits per heavy atom. The van der Waals surface area contributed by atoms with Gasteiger partial charge >= 0.3 is 0 Å². The molecule has 0 heterocycles. The Bertz CT molecular complexity index is 1000. The molecule has 0 fully saturated rings. The number of ether oxygens (including phenoxy) is 2. The summed E-state index contributed by atoms with van der Waals surface area (Å²) in [7, 11) is 1.55. The first-order chi connectivity index (χ1) is 14.1. The molecule has 0 bridgehead atoms. The number of amides is 1. The average Bonchev–Trinajstić information content (AvgIpc) is 2.74. The second-order valence-electron chi connectivity index (χ2n) is 6.04. The van der Waals surface area contributed by atoms with Crippen LogP contribution >= 0.6 is 11.6 Å². The summed E-state index contributed by atoms with van der Waals surface area (Å²) in [6, 6.07) is 18.6. The van der Waals surface area contributed by atoms with Crippen molar-refractivity contribution in [2.24, 2.45) is 5.10 Å². The zero-order valence-corrected chi connectivity index (χ0v) is 16.4. The first kappa shape index (κ1) is 20.2. The van der Waals surface area contributed by atoms with Crippen LogP contribution in [-0.2, 0) is 6.61 Å². The highest BCUT2D eigenvalue weighted by molar-refractivity contribution is 6.30. The minimum atomic E-state index is -0.396. The van der Waals surface area contributed by atoms with E-state index in [0.717, 1.165) is 5.56 Å². The van der Waals surface area contributed by atoms with Gasteiger partial charge in [0, 0.05) is 16.1 Å². The largest absolute Gasteiger partial charge is 0.508 e. The quantitative estimate of drug-likeness (QED) is 0.447. The van der Waals surface area contributed by atoms with Gasteiger partial charge in [0.1, 0.15) is 12.4 Å². The highest BCUT2D eigenvalue weighted by Gasteiger charge is 2.10. The molecule has 0 saturated carbocycles. The average molecular weight is 411 g/mol. The van der Waals surface area contributed by atoms with Crippen LogP contribution in [0, 0.1) is 0 Å². The van der Waals surface area contributed by atoms with Gasteiger partial charge in [0.25, 0.3) is 5.91 Å². The number of benzene rings is 3. The van der Waals surface area contributed by atoms with Crippen LogP contribution < -0.4 is 14.9 Å². The van der Waals surface area contributed by atoms with E-state index >= 15 is 0 Å². The Labute approximate surface area is 173 Å². The lowest BCUT2D eigenvalue weighted by Crippen LogP contribution is -2.17. The van der Waals surface area contributed by atoms with Gasteiger partial charge in [-0.15, -0.1) is 0 Å². The van der Waals surface area contributed by atoms with Crippen molar-refractivity contribution in [3.63, 3.8) is 0 Å². The fourth-order valence-corrected chi connectivity index (χ4v) is 2.65. The van der Waals surface area contributed by atoms with E-state index < -0.39 is 5.91 Å². The van der Waals surface area contributed by atoms with E-state index in [-0.39, 0.29) is 5.75 Å². The third-order valence-electron chi connectivity index (χ3n) is 4.02. The summed E-state index contributed by atoms with van der Waals surface area (Å²) in [6.45, 7) is 0.318. The van der Waals surface area contributed by atoms with E-state index in [1.165, 1.54) is 30.5 Å². The van der Waals surface area contributed by atoms with E-state index in [9.17, 15) is 9.90 Å². The van der Waals surface area contributed by atoms with Crippen LogP contribution in [-0.4, -0.2) is 24.3 Å². The number of nitrogens with one attached hydrogen (secondary N) is 1. The Hall–Kier alpha value is -3.51. The molecule has 7 heteroatoms. The third-order valence-corrected chi connectivity index (χ3v) is 4.28. The number of hydrogen-bond donors (Lipinski definition) is 2. The number of phenolic OH excluding ortho intramolecular Hbond substituents is 1. The van der Waals surface area contributed by atoms with Crippen molar-refractivity contribution in [2.45, 2.75) is 6.61 Å². The second kappa shape index (κ2) is 9.61. The Balaban J connectivity index is 1.72. The number of hydrogen-bond acceptors (Lipinski definition) is 5. The Morgan fingerprint density at radius 3 is 2.52 bits per heavy atom. The summed E-state index contributed by atoms with van der Waals surface area (Å²) in [6.07, 6.45) is 1.48. The molecule has 0 aliphatic carbocycles. The topological polar surface area (TPSA) is 80.2 Å². The first-order valence-corrected chi connectivity index (χ1v) is 9.11. The second-order valence-corrected chi connectivity index (χ2v) is 6.48.